The largest absolute Gasteiger partial charge is 0.497 e. The molecule has 1 aromatic carbocycles. The van der Waals surface area contributed by atoms with Crippen LogP contribution in [0.15, 0.2) is 28.8 Å². The zero-order chi connectivity index (χ0) is 21.9. The molecule has 1 saturated heterocycles. The minimum Gasteiger partial charge on any atom is -0.497 e. The van der Waals surface area contributed by atoms with Gasteiger partial charge >= 0.3 is 0 Å². The third kappa shape index (κ3) is 4.79. The number of nitrogens with zero attached hydrogens (tertiary/aromatic N) is 5. The van der Waals surface area contributed by atoms with E-state index in [9.17, 15) is 13.2 Å². The van der Waals surface area contributed by atoms with Crippen LogP contribution >= 0.6 is 0 Å². The van der Waals surface area contributed by atoms with Crippen LogP contribution in [0.5, 0.6) is 5.75 Å². The summed E-state index contributed by atoms with van der Waals surface area (Å²) >= 11 is 0. The van der Waals surface area contributed by atoms with Crippen molar-refractivity contribution in [3.8, 4) is 17.1 Å². The monoisotopic (exact) mass is 437 g/mol. The number of benzene rings is 1. The lowest BCUT2D eigenvalue weighted by atomic mass is 9.98. The highest BCUT2D eigenvalue weighted by Crippen LogP contribution is 2.24. The van der Waals surface area contributed by atoms with E-state index in [2.05, 4.69) is 10.1 Å². The Kier molecular flexibility index (Phi) is 6.74. The molecule has 1 amide bonds. The molecule has 10 nitrogen and oxygen atoms in total. The van der Waals surface area contributed by atoms with Crippen molar-refractivity contribution in [1.29, 1.82) is 0 Å². The molecule has 11 heteroatoms. The summed E-state index contributed by atoms with van der Waals surface area (Å²) < 4.78 is 37.8. The van der Waals surface area contributed by atoms with Crippen molar-refractivity contribution in [3.63, 3.8) is 0 Å². The minimum atomic E-state index is -3.54. The lowest BCUT2D eigenvalue weighted by molar-refractivity contribution is -0.136. The van der Waals surface area contributed by atoms with Gasteiger partial charge in [-0.2, -0.15) is 22.0 Å². The number of carbonyl (C=O) groups excluding carboxylic acids is 1. The Morgan fingerprint density at radius 1 is 1.33 bits per heavy atom. The summed E-state index contributed by atoms with van der Waals surface area (Å²) in [6.07, 6.45) is 1.28. The summed E-state index contributed by atoms with van der Waals surface area (Å²) in [7, 11) is 2.67. The Morgan fingerprint density at radius 3 is 2.80 bits per heavy atom. The molecule has 0 radical (unpaired) electrons. The Bertz CT molecular complexity index is 991. The van der Waals surface area contributed by atoms with Crippen molar-refractivity contribution >= 4 is 16.1 Å². The van der Waals surface area contributed by atoms with Crippen LogP contribution < -0.4 is 4.74 Å². The maximum absolute atomic E-state index is 12.9. The zero-order valence-corrected chi connectivity index (χ0v) is 18.4. The van der Waals surface area contributed by atoms with Gasteiger partial charge in [0.05, 0.1) is 19.6 Å². The molecule has 30 heavy (non-hydrogen) atoms. The average molecular weight is 438 g/mol. The SMILES string of the molecule is COc1cccc(-c2noc(CN(C)C(=O)[C@H]3CCCN(S(=O)(=O)N(C)C)C3)n2)c1. The van der Waals surface area contributed by atoms with E-state index in [4.69, 9.17) is 9.26 Å². The predicted molar refractivity (Wildman–Crippen MR) is 110 cm³/mol. The first-order valence-corrected chi connectivity index (χ1v) is 11.0. The standard InChI is InChI=1S/C19H27N5O5S/c1-22(2)30(26,27)24-10-6-8-15(12-24)19(25)23(3)13-17-20-18(21-29-17)14-7-5-9-16(11-14)28-4/h5,7,9,11,15H,6,8,10,12-13H2,1-4H3/t15-/m0/s1. The normalized spacial score (nSPS) is 17.8. The topological polar surface area (TPSA) is 109 Å². The number of rotatable bonds is 7. The molecule has 2 heterocycles. The second-order valence-corrected chi connectivity index (χ2v) is 9.57. The summed E-state index contributed by atoms with van der Waals surface area (Å²) in [6, 6.07) is 7.29. The third-order valence-corrected chi connectivity index (χ3v) is 6.97. The van der Waals surface area contributed by atoms with E-state index in [1.165, 1.54) is 27.6 Å². The highest BCUT2D eigenvalue weighted by Gasteiger charge is 2.34. The Labute approximate surface area is 176 Å². The number of aromatic nitrogens is 2. The average Bonchev–Trinajstić information content (AvgIpc) is 3.21. The molecule has 0 unspecified atom stereocenters. The van der Waals surface area contributed by atoms with E-state index in [-0.39, 0.29) is 19.0 Å². The molecular weight excluding hydrogens is 410 g/mol. The van der Waals surface area contributed by atoms with E-state index in [0.717, 1.165) is 5.56 Å². The van der Waals surface area contributed by atoms with E-state index in [1.807, 2.05) is 18.2 Å². The van der Waals surface area contributed by atoms with Crippen molar-refractivity contribution in [2.75, 3.05) is 41.3 Å². The van der Waals surface area contributed by atoms with Gasteiger partial charge in [-0.15, -0.1) is 0 Å². The van der Waals surface area contributed by atoms with Gasteiger partial charge in [0.2, 0.25) is 17.6 Å². The first-order chi connectivity index (χ1) is 14.2. The highest BCUT2D eigenvalue weighted by atomic mass is 32.2. The fraction of sp³-hybridized carbons (Fsp3) is 0.526. The van der Waals surface area contributed by atoms with Gasteiger partial charge in [0.1, 0.15) is 5.75 Å². The number of ether oxygens (including phenoxy) is 1. The van der Waals surface area contributed by atoms with E-state index in [1.54, 1.807) is 20.2 Å². The molecule has 0 spiro atoms. The molecule has 0 bridgehead atoms. The number of amides is 1. The van der Waals surface area contributed by atoms with Crippen LogP contribution in [-0.4, -0.2) is 79.3 Å². The van der Waals surface area contributed by atoms with Gasteiger partial charge in [0.15, 0.2) is 0 Å². The van der Waals surface area contributed by atoms with Crippen LogP contribution in [0, 0.1) is 5.92 Å². The van der Waals surface area contributed by atoms with Crippen LogP contribution in [0.25, 0.3) is 11.4 Å². The molecule has 1 atom stereocenters. The third-order valence-electron chi connectivity index (χ3n) is 5.07. The summed E-state index contributed by atoms with van der Waals surface area (Å²) in [4.78, 5) is 18.7. The van der Waals surface area contributed by atoms with Crippen LogP contribution in [0.2, 0.25) is 0 Å². The Morgan fingerprint density at radius 2 is 2.10 bits per heavy atom. The van der Waals surface area contributed by atoms with Gasteiger partial charge in [0.25, 0.3) is 10.2 Å². The van der Waals surface area contributed by atoms with Crippen molar-refractivity contribution < 1.29 is 22.5 Å². The number of hydrogen-bond acceptors (Lipinski definition) is 7. The molecule has 1 aromatic heterocycles. The molecule has 0 aliphatic carbocycles. The Hall–Kier alpha value is -2.50. The second-order valence-electron chi connectivity index (χ2n) is 7.43. The number of carbonyl (C=O) groups is 1. The molecule has 164 valence electrons. The van der Waals surface area contributed by atoms with Crippen LogP contribution in [-0.2, 0) is 21.5 Å². The van der Waals surface area contributed by atoms with E-state index in [0.29, 0.717) is 36.9 Å². The quantitative estimate of drug-likeness (QED) is 0.641. The van der Waals surface area contributed by atoms with E-state index < -0.39 is 16.1 Å². The Balaban J connectivity index is 1.65. The molecule has 3 rings (SSSR count). The fourth-order valence-electron chi connectivity index (χ4n) is 3.38. The zero-order valence-electron chi connectivity index (χ0n) is 17.6. The van der Waals surface area contributed by atoms with Crippen LogP contribution in [0.4, 0.5) is 0 Å². The molecule has 0 saturated carbocycles. The van der Waals surface area contributed by atoms with Crippen molar-refractivity contribution in [2.24, 2.45) is 5.92 Å². The smallest absolute Gasteiger partial charge is 0.281 e. The van der Waals surface area contributed by atoms with Gasteiger partial charge in [-0.3, -0.25) is 4.79 Å². The summed E-state index contributed by atoms with van der Waals surface area (Å²) in [5.74, 6) is 0.845. The first kappa shape index (κ1) is 22.2. The van der Waals surface area contributed by atoms with Crippen molar-refractivity contribution in [2.45, 2.75) is 19.4 Å². The minimum absolute atomic E-state index is 0.144. The van der Waals surface area contributed by atoms with Gasteiger partial charge < -0.3 is 14.2 Å². The number of methoxy groups -OCH3 is 1. The van der Waals surface area contributed by atoms with Gasteiger partial charge in [-0.1, -0.05) is 17.3 Å². The lowest BCUT2D eigenvalue weighted by Gasteiger charge is -2.34. The van der Waals surface area contributed by atoms with Crippen LogP contribution in [0.1, 0.15) is 18.7 Å². The first-order valence-electron chi connectivity index (χ1n) is 9.62. The number of hydrogen-bond donors (Lipinski definition) is 0. The molecular formula is C19H27N5O5S. The molecule has 1 aliphatic rings. The lowest BCUT2D eigenvalue weighted by Crippen LogP contribution is -2.49. The molecule has 0 N–H and O–H groups in total. The maximum atomic E-state index is 12.9. The number of piperidine rings is 1. The molecule has 1 aliphatic heterocycles. The fourth-order valence-corrected chi connectivity index (χ4v) is 4.57. The maximum Gasteiger partial charge on any atom is 0.281 e. The van der Waals surface area contributed by atoms with Crippen LogP contribution in [0.3, 0.4) is 0 Å². The summed E-state index contributed by atoms with van der Waals surface area (Å²) in [5.41, 5.74) is 0.746. The summed E-state index contributed by atoms with van der Waals surface area (Å²) in [5, 5.41) is 3.98. The van der Waals surface area contributed by atoms with Gasteiger partial charge in [-0.05, 0) is 25.0 Å². The van der Waals surface area contributed by atoms with Gasteiger partial charge in [0, 0.05) is 39.8 Å². The predicted octanol–water partition coefficient (Wildman–Crippen LogP) is 1.22. The van der Waals surface area contributed by atoms with Gasteiger partial charge in [-0.25, -0.2) is 0 Å². The van der Waals surface area contributed by atoms with Crippen molar-refractivity contribution in [1.82, 2.24) is 23.7 Å². The van der Waals surface area contributed by atoms with Crippen molar-refractivity contribution in [3.05, 3.63) is 30.2 Å². The summed E-state index contributed by atoms with van der Waals surface area (Å²) in [6.45, 7) is 0.733. The van der Waals surface area contributed by atoms with E-state index >= 15 is 0 Å². The molecule has 1 fully saturated rings. The highest BCUT2D eigenvalue weighted by molar-refractivity contribution is 7.86. The second kappa shape index (κ2) is 9.11. The molecule has 2 aromatic rings.